The van der Waals surface area contributed by atoms with Crippen LogP contribution < -0.4 is 5.32 Å². The Hall–Kier alpha value is -1.94. The fourth-order valence-corrected chi connectivity index (χ4v) is 1.67. The maximum Gasteiger partial charge on any atom is 0.157 e. The molecule has 3 nitrogen and oxygen atoms in total. The highest BCUT2D eigenvalue weighted by Gasteiger charge is 2.04. The third kappa shape index (κ3) is 2.84. The molecule has 0 saturated carbocycles. The van der Waals surface area contributed by atoms with E-state index in [4.69, 9.17) is 16.7 Å². The van der Waals surface area contributed by atoms with Gasteiger partial charge in [0.15, 0.2) is 11.5 Å². The van der Waals surface area contributed by atoms with E-state index in [1.165, 1.54) is 24.3 Å². The second kappa shape index (κ2) is 5.14. The summed E-state index contributed by atoms with van der Waals surface area (Å²) in [5, 5.41) is 21.7. The molecule has 0 aliphatic carbocycles. The van der Waals surface area contributed by atoms with Gasteiger partial charge in [-0.05, 0) is 35.9 Å². The summed E-state index contributed by atoms with van der Waals surface area (Å²) in [5.74, 6) is -0.826. The van der Waals surface area contributed by atoms with Crippen molar-refractivity contribution in [1.82, 2.24) is 0 Å². The van der Waals surface area contributed by atoms with Crippen LogP contribution in [0.3, 0.4) is 0 Å². The van der Waals surface area contributed by atoms with E-state index < -0.39 is 5.82 Å². The van der Waals surface area contributed by atoms with Gasteiger partial charge in [-0.2, -0.15) is 0 Å². The lowest BCUT2D eigenvalue weighted by atomic mass is 10.2. The lowest BCUT2D eigenvalue weighted by molar-refractivity contribution is 0.403. The molecule has 2 rings (SSSR count). The van der Waals surface area contributed by atoms with Gasteiger partial charge in [-0.3, -0.25) is 0 Å². The fraction of sp³-hybridized carbons (Fsp3) is 0.0769. The highest BCUT2D eigenvalue weighted by Crippen LogP contribution is 2.25. The molecule has 2 aromatic rings. The zero-order valence-corrected chi connectivity index (χ0v) is 10.1. The minimum atomic E-state index is -0.439. The predicted molar refractivity (Wildman–Crippen MR) is 68.5 cm³/mol. The van der Waals surface area contributed by atoms with Crippen LogP contribution in [-0.4, -0.2) is 10.2 Å². The van der Waals surface area contributed by atoms with E-state index in [1.807, 2.05) is 0 Å². The molecule has 0 spiro atoms. The van der Waals surface area contributed by atoms with E-state index in [0.717, 1.165) is 5.56 Å². The third-order valence-corrected chi connectivity index (χ3v) is 2.69. The highest BCUT2D eigenvalue weighted by atomic mass is 35.5. The summed E-state index contributed by atoms with van der Waals surface area (Å²) in [4.78, 5) is 0. The van der Waals surface area contributed by atoms with Crippen molar-refractivity contribution in [3.63, 3.8) is 0 Å². The molecule has 0 unspecified atom stereocenters. The first-order valence-electron chi connectivity index (χ1n) is 5.26. The molecule has 0 heterocycles. The van der Waals surface area contributed by atoms with E-state index in [1.54, 1.807) is 12.1 Å². The minimum absolute atomic E-state index is 0.184. The summed E-state index contributed by atoms with van der Waals surface area (Å²) < 4.78 is 13.5. The molecule has 0 atom stereocenters. The van der Waals surface area contributed by atoms with Gasteiger partial charge in [0, 0.05) is 11.6 Å². The number of phenols is 2. The molecule has 2 aromatic carbocycles. The zero-order chi connectivity index (χ0) is 13.1. The summed E-state index contributed by atoms with van der Waals surface area (Å²) in [6, 6.07) is 8.77. The smallest absolute Gasteiger partial charge is 0.157 e. The average Bonchev–Trinajstić information content (AvgIpc) is 2.32. The topological polar surface area (TPSA) is 52.5 Å². The molecule has 0 amide bonds. The van der Waals surface area contributed by atoms with Crippen molar-refractivity contribution >= 4 is 17.3 Å². The zero-order valence-electron chi connectivity index (χ0n) is 9.32. The lowest BCUT2D eigenvalue weighted by Gasteiger charge is -2.08. The first-order chi connectivity index (χ1) is 8.56. The second-order valence-corrected chi connectivity index (χ2v) is 4.24. The molecule has 94 valence electrons. The normalized spacial score (nSPS) is 10.3. The Kier molecular flexibility index (Phi) is 3.58. The number of phenolic OH excluding ortho intramolecular Hbond substituents is 2. The molecule has 0 fully saturated rings. The number of hydrogen-bond acceptors (Lipinski definition) is 3. The van der Waals surface area contributed by atoms with Gasteiger partial charge in [0.05, 0.1) is 5.69 Å². The maximum absolute atomic E-state index is 13.5. The maximum atomic E-state index is 13.5. The first kappa shape index (κ1) is 12.5. The summed E-state index contributed by atoms with van der Waals surface area (Å²) >= 11 is 5.64. The SMILES string of the molecule is Oc1ccc(CNc2ccc(Cl)cc2F)cc1O. The summed E-state index contributed by atoms with van der Waals surface area (Å²) in [6.45, 7) is 0.326. The van der Waals surface area contributed by atoms with Crippen molar-refractivity contribution in [1.29, 1.82) is 0 Å². The first-order valence-corrected chi connectivity index (χ1v) is 5.64. The largest absolute Gasteiger partial charge is 0.504 e. The molecule has 3 N–H and O–H groups in total. The van der Waals surface area contributed by atoms with Gasteiger partial charge in [-0.1, -0.05) is 17.7 Å². The van der Waals surface area contributed by atoms with Crippen LogP contribution in [-0.2, 0) is 6.54 Å². The summed E-state index contributed by atoms with van der Waals surface area (Å²) in [7, 11) is 0. The van der Waals surface area contributed by atoms with Crippen molar-refractivity contribution in [2.75, 3.05) is 5.32 Å². The van der Waals surface area contributed by atoms with Crippen molar-refractivity contribution < 1.29 is 14.6 Å². The van der Waals surface area contributed by atoms with Gasteiger partial charge in [0.1, 0.15) is 5.82 Å². The Bertz CT molecular complexity index is 575. The van der Waals surface area contributed by atoms with Gasteiger partial charge in [0.25, 0.3) is 0 Å². The van der Waals surface area contributed by atoms with Crippen LogP contribution in [0.1, 0.15) is 5.56 Å². The van der Waals surface area contributed by atoms with Crippen LogP contribution >= 0.6 is 11.6 Å². The van der Waals surface area contributed by atoms with Gasteiger partial charge in [-0.15, -0.1) is 0 Å². The Balaban J connectivity index is 2.09. The highest BCUT2D eigenvalue weighted by molar-refractivity contribution is 6.30. The van der Waals surface area contributed by atoms with E-state index in [-0.39, 0.29) is 11.5 Å². The molecule has 0 saturated heterocycles. The van der Waals surface area contributed by atoms with E-state index in [9.17, 15) is 9.50 Å². The fourth-order valence-electron chi connectivity index (χ4n) is 1.51. The molecule has 18 heavy (non-hydrogen) atoms. The molecule has 5 heteroatoms. The number of halogens is 2. The Morgan fingerprint density at radius 2 is 1.83 bits per heavy atom. The predicted octanol–water partition coefficient (Wildman–Crippen LogP) is 3.50. The second-order valence-electron chi connectivity index (χ2n) is 3.80. The molecular formula is C13H11ClFNO2. The lowest BCUT2D eigenvalue weighted by Crippen LogP contribution is -2.01. The average molecular weight is 268 g/mol. The van der Waals surface area contributed by atoms with Gasteiger partial charge >= 0.3 is 0 Å². The van der Waals surface area contributed by atoms with Crippen molar-refractivity contribution in [2.45, 2.75) is 6.54 Å². The molecule has 0 aromatic heterocycles. The molecule has 0 bridgehead atoms. The third-order valence-electron chi connectivity index (χ3n) is 2.45. The number of rotatable bonds is 3. The van der Waals surface area contributed by atoms with Gasteiger partial charge in [-0.25, -0.2) is 4.39 Å². The minimum Gasteiger partial charge on any atom is -0.504 e. The van der Waals surface area contributed by atoms with Crippen LogP contribution in [0.5, 0.6) is 11.5 Å². The monoisotopic (exact) mass is 267 g/mol. The number of nitrogens with one attached hydrogen (secondary N) is 1. The van der Waals surface area contributed by atoms with Crippen molar-refractivity contribution in [3.8, 4) is 11.5 Å². The van der Waals surface area contributed by atoms with Crippen LogP contribution in [0.15, 0.2) is 36.4 Å². The quantitative estimate of drug-likeness (QED) is 0.746. The standard InChI is InChI=1S/C13H11ClFNO2/c14-9-2-3-11(10(15)6-9)16-7-8-1-4-12(17)13(18)5-8/h1-6,16-18H,7H2. The summed E-state index contributed by atoms with van der Waals surface area (Å²) in [5.41, 5.74) is 1.05. The van der Waals surface area contributed by atoms with Crippen LogP contribution in [0.2, 0.25) is 5.02 Å². The van der Waals surface area contributed by atoms with E-state index in [0.29, 0.717) is 17.3 Å². The molecule has 0 radical (unpaired) electrons. The van der Waals surface area contributed by atoms with Crippen LogP contribution in [0, 0.1) is 5.82 Å². The van der Waals surface area contributed by atoms with Crippen molar-refractivity contribution in [2.24, 2.45) is 0 Å². The Morgan fingerprint density at radius 3 is 2.50 bits per heavy atom. The van der Waals surface area contributed by atoms with Crippen LogP contribution in [0.25, 0.3) is 0 Å². The molecule has 0 aliphatic rings. The van der Waals surface area contributed by atoms with Gasteiger partial charge in [0.2, 0.25) is 0 Å². The Morgan fingerprint density at radius 1 is 1.06 bits per heavy atom. The van der Waals surface area contributed by atoms with Crippen molar-refractivity contribution in [3.05, 3.63) is 52.8 Å². The number of aromatic hydroxyl groups is 2. The summed E-state index contributed by atoms with van der Waals surface area (Å²) in [6.07, 6.45) is 0. The molecule has 0 aliphatic heterocycles. The van der Waals surface area contributed by atoms with E-state index in [2.05, 4.69) is 5.32 Å². The number of benzene rings is 2. The number of hydrogen-bond donors (Lipinski definition) is 3. The molecular weight excluding hydrogens is 257 g/mol. The number of anilines is 1. The van der Waals surface area contributed by atoms with E-state index >= 15 is 0 Å². The van der Waals surface area contributed by atoms with Crippen LogP contribution in [0.4, 0.5) is 10.1 Å². The Labute approximate surface area is 108 Å². The van der Waals surface area contributed by atoms with Gasteiger partial charge < -0.3 is 15.5 Å².